The van der Waals surface area contributed by atoms with Crippen LogP contribution in [0.5, 0.6) is 0 Å². The standard InChI is InChI=1S/C10H15N5/c1-3-5-11-9-8-10(13-6-12-9)15(4-2)7-14-8/h6-7H,3-5H2,1-2H3,(H,11,12,13). The lowest BCUT2D eigenvalue weighted by atomic mass is 10.4. The predicted molar refractivity (Wildman–Crippen MR) is 59.8 cm³/mol. The Hall–Kier alpha value is -1.65. The van der Waals surface area contributed by atoms with Crippen molar-refractivity contribution >= 4 is 17.0 Å². The van der Waals surface area contributed by atoms with Crippen LogP contribution in [0.15, 0.2) is 12.7 Å². The van der Waals surface area contributed by atoms with Gasteiger partial charge in [-0.05, 0) is 13.3 Å². The molecular weight excluding hydrogens is 190 g/mol. The van der Waals surface area contributed by atoms with Gasteiger partial charge < -0.3 is 9.88 Å². The lowest BCUT2D eigenvalue weighted by Crippen LogP contribution is -2.03. The van der Waals surface area contributed by atoms with Crippen molar-refractivity contribution in [1.29, 1.82) is 0 Å². The number of rotatable bonds is 4. The summed E-state index contributed by atoms with van der Waals surface area (Å²) in [5.74, 6) is 0.828. The fourth-order valence-corrected chi connectivity index (χ4v) is 1.48. The first kappa shape index (κ1) is 9.89. The van der Waals surface area contributed by atoms with E-state index in [1.165, 1.54) is 0 Å². The van der Waals surface area contributed by atoms with Crippen molar-refractivity contribution in [2.24, 2.45) is 0 Å². The highest BCUT2D eigenvalue weighted by Gasteiger charge is 2.07. The Morgan fingerprint density at radius 3 is 2.87 bits per heavy atom. The van der Waals surface area contributed by atoms with E-state index in [-0.39, 0.29) is 0 Å². The van der Waals surface area contributed by atoms with Crippen molar-refractivity contribution in [1.82, 2.24) is 19.5 Å². The van der Waals surface area contributed by atoms with Crippen molar-refractivity contribution in [3.8, 4) is 0 Å². The Balaban J connectivity index is 2.42. The van der Waals surface area contributed by atoms with Gasteiger partial charge in [0.15, 0.2) is 11.5 Å². The molecule has 5 heteroatoms. The van der Waals surface area contributed by atoms with Gasteiger partial charge >= 0.3 is 0 Å². The number of nitrogens with zero attached hydrogens (tertiary/aromatic N) is 4. The van der Waals surface area contributed by atoms with Crippen LogP contribution < -0.4 is 5.32 Å². The van der Waals surface area contributed by atoms with Crippen LogP contribution >= 0.6 is 0 Å². The van der Waals surface area contributed by atoms with Crippen LogP contribution in [0.4, 0.5) is 5.82 Å². The van der Waals surface area contributed by atoms with Gasteiger partial charge in [0.25, 0.3) is 0 Å². The number of nitrogens with one attached hydrogen (secondary N) is 1. The molecule has 0 aliphatic carbocycles. The number of aromatic nitrogens is 4. The Bertz CT molecular complexity index is 448. The highest BCUT2D eigenvalue weighted by atomic mass is 15.1. The summed E-state index contributed by atoms with van der Waals surface area (Å²) in [6.07, 6.45) is 4.45. The number of fused-ring (bicyclic) bond motifs is 1. The monoisotopic (exact) mass is 205 g/mol. The minimum Gasteiger partial charge on any atom is -0.368 e. The van der Waals surface area contributed by atoms with Crippen molar-refractivity contribution < 1.29 is 0 Å². The predicted octanol–water partition coefficient (Wildman–Crippen LogP) is 1.67. The SMILES string of the molecule is CCCNc1ncnc2c1ncn2CC. The maximum atomic E-state index is 4.32. The van der Waals surface area contributed by atoms with Crippen LogP contribution in [0.1, 0.15) is 20.3 Å². The third-order valence-corrected chi connectivity index (χ3v) is 2.28. The molecule has 2 heterocycles. The quantitative estimate of drug-likeness (QED) is 0.824. The van der Waals surface area contributed by atoms with Crippen LogP contribution in [-0.2, 0) is 6.54 Å². The topological polar surface area (TPSA) is 55.6 Å². The van der Waals surface area contributed by atoms with Crippen LogP contribution in [0, 0.1) is 0 Å². The van der Waals surface area contributed by atoms with Crippen molar-refractivity contribution in [3.63, 3.8) is 0 Å². The highest BCUT2D eigenvalue weighted by Crippen LogP contribution is 2.16. The molecular formula is C10H15N5. The molecule has 2 aromatic heterocycles. The summed E-state index contributed by atoms with van der Waals surface area (Å²) in [4.78, 5) is 12.7. The van der Waals surface area contributed by atoms with E-state index in [4.69, 9.17) is 0 Å². The fraction of sp³-hybridized carbons (Fsp3) is 0.500. The van der Waals surface area contributed by atoms with Crippen LogP contribution in [0.25, 0.3) is 11.2 Å². The maximum absolute atomic E-state index is 4.32. The third kappa shape index (κ3) is 1.77. The van der Waals surface area contributed by atoms with Gasteiger partial charge in [-0.2, -0.15) is 0 Å². The Labute approximate surface area is 88.6 Å². The maximum Gasteiger partial charge on any atom is 0.165 e. The summed E-state index contributed by atoms with van der Waals surface area (Å²) in [7, 11) is 0. The molecule has 0 atom stereocenters. The van der Waals surface area contributed by atoms with E-state index in [9.17, 15) is 0 Å². The van der Waals surface area contributed by atoms with Gasteiger partial charge in [-0.15, -0.1) is 0 Å². The van der Waals surface area contributed by atoms with Gasteiger partial charge in [0.1, 0.15) is 11.8 Å². The number of aryl methyl sites for hydroxylation is 1. The average molecular weight is 205 g/mol. The first-order chi connectivity index (χ1) is 7.36. The molecule has 0 aromatic carbocycles. The molecule has 0 aliphatic rings. The Morgan fingerprint density at radius 1 is 1.27 bits per heavy atom. The second-order valence-electron chi connectivity index (χ2n) is 3.35. The molecule has 0 unspecified atom stereocenters. The van der Waals surface area contributed by atoms with Crippen molar-refractivity contribution in [2.75, 3.05) is 11.9 Å². The van der Waals surface area contributed by atoms with E-state index in [1.807, 2.05) is 4.57 Å². The highest BCUT2D eigenvalue weighted by molar-refractivity contribution is 5.82. The summed E-state index contributed by atoms with van der Waals surface area (Å²) in [6, 6.07) is 0. The van der Waals surface area contributed by atoms with Gasteiger partial charge in [-0.1, -0.05) is 6.92 Å². The molecule has 0 bridgehead atoms. The van der Waals surface area contributed by atoms with E-state index >= 15 is 0 Å². The second-order valence-corrected chi connectivity index (χ2v) is 3.35. The fourth-order valence-electron chi connectivity index (χ4n) is 1.48. The molecule has 0 aliphatic heterocycles. The minimum atomic E-state index is 0.828. The number of imidazole rings is 1. The molecule has 0 spiro atoms. The molecule has 2 rings (SSSR count). The van der Waals surface area contributed by atoms with Gasteiger partial charge in [-0.25, -0.2) is 15.0 Å². The van der Waals surface area contributed by atoms with E-state index in [0.29, 0.717) is 0 Å². The first-order valence-electron chi connectivity index (χ1n) is 5.26. The molecule has 15 heavy (non-hydrogen) atoms. The van der Waals surface area contributed by atoms with E-state index < -0.39 is 0 Å². The van der Waals surface area contributed by atoms with E-state index in [1.54, 1.807) is 12.7 Å². The van der Waals surface area contributed by atoms with E-state index in [0.717, 1.165) is 36.5 Å². The van der Waals surface area contributed by atoms with Crippen LogP contribution in [-0.4, -0.2) is 26.1 Å². The van der Waals surface area contributed by atoms with Gasteiger partial charge in [0.05, 0.1) is 6.33 Å². The normalized spacial score (nSPS) is 10.8. The molecule has 2 aromatic rings. The van der Waals surface area contributed by atoms with Crippen LogP contribution in [0.3, 0.4) is 0 Å². The van der Waals surface area contributed by atoms with Crippen molar-refractivity contribution in [2.45, 2.75) is 26.8 Å². The second kappa shape index (κ2) is 4.25. The summed E-state index contributed by atoms with van der Waals surface area (Å²) in [6.45, 7) is 5.98. The average Bonchev–Trinajstić information content (AvgIpc) is 2.69. The minimum absolute atomic E-state index is 0.828. The smallest absolute Gasteiger partial charge is 0.165 e. The van der Waals surface area contributed by atoms with Gasteiger partial charge in [0, 0.05) is 13.1 Å². The lowest BCUT2D eigenvalue weighted by Gasteiger charge is -2.03. The van der Waals surface area contributed by atoms with Crippen molar-refractivity contribution in [3.05, 3.63) is 12.7 Å². The van der Waals surface area contributed by atoms with Gasteiger partial charge in [0.2, 0.25) is 0 Å². The molecule has 0 saturated heterocycles. The largest absolute Gasteiger partial charge is 0.368 e. The Morgan fingerprint density at radius 2 is 2.13 bits per heavy atom. The number of hydrogen-bond acceptors (Lipinski definition) is 4. The summed E-state index contributed by atoms with van der Waals surface area (Å²) >= 11 is 0. The summed E-state index contributed by atoms with van der Waals surface area (Å²) in [5, 5.41) is 3.25. The molecule has 0 radical (unpaired) electrons. The molecule has 5 nitrogen and oxygen atoms in total. The van der Waals surface area contributed by atoms with Crippen LogP contribution in [0.2, 0.25) is 0 Å². The zero-order valence-electron chi connectivity index (χ0n) is 9.06. The Kier molecular flexibility index (Phi) is 2.80. The molecule has 0 amide bonds. The zero-order chi connectivity index (χ0) is 10.7. The lowest BCUT2D eigenvalue weighted by molar-refractivity contribution is 0.777. The summed E-state index contributed by atoms with van der Waals surface area (Å²) < 4.78 is 2.01. The van der Waals surface area contributed by atoms with E-state index in [2.05, 4.69) is 34.1 Å². The first-order valence-corrected chi connectivity index (χ1v) is 5.26. The number of hydrogen-bond donors (Lipinski definition) is 1. The molecule has 0 saturated carbocycles. The molecule has 80 valence electrons. The molecule has 1 N–H and O–H groups in total. The summed E-state index contributed by atoms with van der Waals surface area (Å²) in [5.41, 5.74) is 1.75. The number of anilines is 1. The third-order valence-electron chi connectivity index (χ3n) is 2.28. The van der Waals surface area contributed by atoms with Gasteiger partial charge in [-0.3, -0.25) is 0 Å². The zero-order valence-corrected chi connectivity index (χ0v) is 9.06. The molecule has 0 fully saturated rings.